The van der Waals surface area contributed by atoms with Crippen LogP contribution < -0.4 is 10.6 Å². The molecule has 0 aliphatic carbocycles. The van der Waals surface area contributed by atoms with E-state index in [9.17, 15) is 18.0 Å². The lowest BCUT2D eigenvalue weighted by molar-refractivity contribution is -0.136. The number of benzene rings is 2. The molecule has 1 aromatic heterocycles. The van der Waals surface area contributed by atoms with Crippen LogP contribution >= 0.6 is 11.6 Å². The van der Waals surface area contributed by atoms with E-state index >= 15 is 0 Å². The Kier molecular flexibility index (Phi) is 5.36. The summed E-state index contributed by atoms with van der Waals surface area (Å²) in [7, 11) is 0. The molecule has 3 aromatic rings. The van der Waals surface area contributed by atoms with Crippen LogP contribution in [0.15, 0.2) is 60.8 Å². The van der Waals surface area contributed by atoms with Gasteiger partial charge in [-0.15, -0.1) is 0 Å². The zero-order valence-corrected chi connectivity index (χ0v) is 14.6. The van der Waals surface area contributed by atoms with E-state index < -0.39 is 17.8 Å². The van der Waals surface area contributed by atoms with Crippen LogP contribution in [0.4, 0.5) is 29.5 Å². The second-order valence-corrected chi connectivity index (χ2v) is 6.08. The minimum Gasteiger partial charge on any atom is -0.307 e. The number of rotatable bonds is 4. The fourth-order valence-electron chi connectivity index (χ4n) is 2.40. The third kappa shape index (κ3) is 5.01. The van der Waals surface area contributed by atoms with Crippen molar-refractivity contribution in [1.82, 2.24) is 9.78 Å². The highest BCUT2D eigenvalue weighted by molar-refractivity contribution is 6.30. The number of halogens is 4. The minimum atomic E-state index is -4.57. The molecule has 0 unspecified atom stereocenters. The molecule has 1 heterocycles. The minimum absolute atomic E-state index is 0.214. The number of carbonyl (C=O) groups excluding carboxylic acids is 1. The van der Waals surface area contributed by atoms with Gasteiger partial charge in [0.1, 0.15) is 0 Å². The van der Waals surface area contributed by atoms with Gasteiger partial charge in [0.25, 0.3) is 0 Å². The highest BCUT2D eigenvalue weighted by atomic mass is 35.5. The summed E-state index contributed by atoms with van der Waals surface area (Å²) in [5, 5.41) is 9.40. The van der Waals surface area contributed by atoms with Gasteiger partial charge in [-0.25, -0.2) is 4.79 Å². The predicted molar refractivity (Wildman–Crippen MR) is 96.9 cm³/mol. The number of anilines is 2. The molecule has 2 amide bonds. The van der Waals surface area contributed by atoms with E-state index in [4.69, 9.17) is 11.6 Å². The third-order valence-electron chi connectivity index (χ3n) is 3.62. The van der Waals surface area contributed by atoms with Crippen LogP contribution in [-0.4, -0.2) is 15.8 Å². The van der Waals surface area contributed by atoms with Gasteiger partial charge in [-0.1, -0.05) is 35.9 Å². The van der Waals surface area contributed by atoms with E-state index in [1.807, 2.05) is 12.1 Å². The van der Waals surface area contributed by atoms with E-state index in [2.05, 4.69) is 15.7 Å². The van der Waals surface area contributed by atoms with Gasteiger partial charge in [0.15, 0.2) is 5.82 Å². The first-order valence-electron chi connectivity index (χ1n) is 7.83. The van der Waals surface area contributed by atoms with E-state index in [0.29, 0.717) is 11.6 Å². The Morgan fingerprint density at radius 1 is 1.04 bits per heavy atom. The molecule has 0 spiro atoms. The molecular formula is C18H14ClF3N4O. The van der Waals surface area contributed by atoms with Gasteiger partial charge >= 0.3 is 12.2 Å². The molecule has 140 valence electrons. The molecule has 2 N–H and O–H groups in total. The number of para-hydroxylation sites is 1. The average Bonchev–Trinajstić information content (AvgIpc) is 3.03. The van der Waals surface area contributed by atoms with Gasteiger partial charge in [-0.2, -0.15) is 18.3 Å². The summed E-state index contributed by atoms with van der Waals surface area (Å²) >= 11 is 5.83. The van der Waals surface area contributed by atoms with Gasteiger partial charge in [-0.05, 0) is 29.8 Å². The van der Waals surface area contributed by atoms with Gasteiger partial charge in [0.2, 0.25) is 0 Å². The average molecular weight is 395 g/mol. The molecule has 5 nitrogen and oxygen atoms in total. The maximum Gasteiger partial charge on any atom is 0.418 e. The smallest absolute Gasteiger partial charge is 0.307 e. The number of alkyl halides is 3. The lowest BCUT2D eigenvalue weighted by Gasteiger charge is -2.13. The van der Waals surface area contributed by atoms with Crippen LogP contribution in [0.2, 0.25) is 5.02 Å². The summed E-state index contributed by atoms with van der Waals surface area (Å²) in [4.78, 5) is 12.0. The molecule has 27 heavy (non-hydrogen) atoms. The summed E-state index contributed by atoms with van der Waals surface area (Å²) in [6.45, 7) is 0.456. The van der Waals surface area contributed by atoms with Crippen molar-refractivity contribution in [2.75, 3.05) is 10.6 Å². The number of nitrogens with one attached hydrogen (secondary N) is 2. The monoisotopic (exact) mass is 394 g/mol. The first kappa shape index (κ1) is 18.8. The van der Waals surface area contributed by atoms with E-state index in [1.54, 1.807) is 29.1 Å². The lowest BCUT2D eigenvalue weighted by atomic mass is 10.1. The Hall–Kier alpha value is -3.00. The van der Waals surface area contributed by atoms with E-state index in [1.165, 1.54) is 18.2 Å². The molecule has 0 saturated carbocycles. The molecule has 0 saturated heterocycles. The zero-order chi connectivity index (χ0) is 19.4. The fraction of sp³-hybridized carbons (Fsp3) is 0.111. The zero-order valence-electron chi connectivity index (χ0n) is 13.8. The summed E-state index contributed by atoms with van der Waals surface area (Å²) in [6, 6.07) is 12.7. The van der Waals surface area contributed by atoms with Crippen molar-refractivity contribution in [3.63, 3.8) is 0 Å². The van der Waals surface area contributed by atoms with Crippen molar-refractivity contribution in [3.8, 4) is 0 Å². The van der Waals surface area contributed by atoms with Crippen molar-refractivity contribution in [1.29, 1.82) is 0 Å². The Morgan fingerprint density at radius 3 is 2.44 bits per heavy atom. The second-order valence-electron chi connectivity index (χ2n) is 5.65. The summed E-state index contributed by atoms with van der Waals surface area (Å²) in [5.74, 6) is 0.214. The Bertz CT molecular complexity index is 938. The maximum atomic E-state index is 13.0. The standard InChI is InChI=1S/C18H14ClF3N4O/c19-13-7-5-12(6-8-13)11-26-10-9-16(25-26)24-17(27)23-15-4-2-1-3-14(15)18(20,21)22/h1-10H,11H2,(H2,23,24,25,27). The first-order valence-corrected chi connectivity index (χ1v) is 8.21. The number of urea groups is 1. The molecule has 3 rings (SSSR count). The summed E-state index contributed by atoms with van der Waals surface area (Å²) in [5.41, 5.74) is -0.297. The predicted octanol–water partition coefficient (Wildman–Crippen LogP) is 5.25. The fourth-order valence-corrected chi connectivity index (χ4v) is 2.53. The molecular weight excluding hydrogens is 381 g/mol. The van der Waals surface area contributed by atoms with Crippen molar-refractivity contribution in [2.24, 2.45) is 0 Å². The Morgan fingerprint density at radius 2 is 1.74 bits per heavy atom. The highest BCUT2D eigenvalue weighted by Crippen LogP contribution is 2.34. The quantitative estimate of drug-likeness (QED) is 0.635. The first-order chi connectivity index (χ1) is 12.8. The summed E-state index contributed by atoms with van der Waals surface area (Å²) in [6.07, 6.45) is -2.92. The van der Waals surface area contributed by atoms with Gasteiger partial charge < -0.3 is 5.32 Å². The van der Waals surface area contributed by atoms with Crippen molar-refractivity contribution in [2.45, 2.75) is 12.7 Å². The SMILES string of the molecule is O=C(Nc1ccn(Cc2ccc(Cl)cc2)n1)Nc1ccccc1C(F)(F)F. The number of aromatic nitrogens is 2. The Labute approximate surface area is 157 Å². The van der Waals surface area contributed by atoms with Gasteiger partial charge in [0.05, 0.1) is 17.8 Å². The number of nitrogens with zero attached hydrogens (tertiary/aromatic N) is 2. The van der Waals surface area contributed by atoms with Crippen molar-refractivity contribution in [3.05, 3.63) is 76.9 Å². The molecule has 0 fully saturated rings. The van der Waals surface area contributed by atoms with E-state index in [0.717, 1.165) is 11.6 Å². The van der Waals surface area contributed by atoms with Crippen LogP contribution in [0.25, 0.3) is 0 Å². The van der Waals surface area contributed by atoms with E-state index in [-0.39, 0.29) is 11.5 Å². The highest BCUT2D eigenvalue weighted by Gasteiger charge is 2.33. The van der Waals surface area contributed by atoms with Crippen LogP contribution in [0.3, 0.4) is 0 Å². The normalized spacial score (nSPS) is 11.3. The molecule has 0 radical (unpaired) electrons. The number of carbonyl (C=O) groups is 1. The largest absolute Gasteiger partial charge is 0.418 e. The number of hydrogen-bond donors (Lipinski definition) is 2. The number of amides is 2. The molecule has 0 aliphatic heterocycles. The molecule has 9 heteroatoms. The molecule has 0 atom stereocenters. The van der Waals surface area contributed by atoms with Crippen LogP contribution in [0.1, 0.15) is 11.1 Å². The second kappa shape index (κ2) is 7.71. The van der Waals surface area contributed by atoms with Gasteiger partial charge in [-0.3, -0.25) is 10.00 Å². The maximum absolute atomic E-state index is 13.0. The van der Waals surface area contributed by atoms with Crippen molar-refractivity contribution < 1.29 is 18.0 Å². The third-order valence-corrected chi connectivity index (χ3v) is 3.87. The summed E-state index contributed by atoms with van der Waals surface area (Å²) < 4.78 is 40.5. The number of hydrogen-bond acceptors (Lipinski definition) is 2. The van der Waals surface area contributed by atoms with Gasteiger partial charge in [0, 0.05) is 17.3 Å². The molecule has 0 bridgehead atoms. The Balaban J connectivity index is 1.64. The topological polar surface area (TPSA) is 59.0 Å². The van der Waals surface area contributed by atoms with Crippen LogP contribution in [0.5, 0.6) is 0 Å². The van der Waals surface area contributed by atoms with Crippen molar-refractivity contribution >= 4 is 29.1 Å². The molecule has 2 aromatic carbocycles. The lowest BCUT2D eigenvalue weighted by Crippen LogP contribution is -2.22. The van der Waals surface area contributed by atoms with Crippen LogP contribution in [-0.2, 0) is 12.7 Å². The van der Waals surface area contributed by atoms with Crippen LogP contribution in [0, 0.1) is 0 Å². The molecule has 0 aliphatic rings.